The molecular weight excluding hydrogens is 299 g/mol. The fourth-order valence-electron chi connectivity index (χ4n) is 3.29. The van der Waals surface area contributed by atoms with Crippen molar-refractivity contribution in [2.24, 2.45) is 0 Å². The zero-order valence-electron chi connectivity index (χ0n) is 12.1. The Labute approximate surface area is 135 Å². The first-order valence-electron chi connectivity index (χ1n) is 7.38. The summed E-state index contributed by atoms with van der Waals surface area (Å²) in [6.07, 6.45) is 1.93. The Hall–Kier alpha value is -1.84. The minimum absolute atomic E-state index is 0. The number of fused-ring (bicyclic) bond motifs is 3. The van der Waals surface area contributed by atoms with Gasteiger partial charge in [0, 0.05) is 16.6 Å². The fourth-order valence-corrected chi connectivity index (χ4v) is 3.29. The summed E-state index contributed by atoms with van der Waals surface area (Å²) in [5.41, 5.74) is 5.07. The van der Waals surface area contributed by atoms with Crippen molar-refractivity contribution in [2.45, 2.75) is 18.9 Å². The van der Waals surface area contributed by atoms with Gasteiger partial charge in [-0.05, 0) is 48.7 Å². The average molecular weight is 317 g/mol. The molecule has 2 aromatic carbocycles. The smallest absolute Gasteiger partial charge is 0.123 e. The zero-order chi connectivity index (χ0) is 14.2. The summed E-state index contributed by atoms with van der Waals surface area (Å²) >= 11 is 0. The summed E-state index contributed by atoms with van der Waals surface area (Å²) in [5, 5.41) is 4.91. The van der Waals surface area contributed by atoms with Gasteiger partial charge in [-0.2, -0.15) is 0 Å². The van der Waals surface area contributed by atoms with Crippen molar-refractivity contribution >= 4 is 23.3 Å². The molecule has 22 heavy (non-hydrogen) atoms. The van der Waals surface area contributed by atoms with Crippen LogP contribution in [0.2, 0.25) is 0 Å². The lowest BCUT2D eigenvalue weighted by atomic mass is 9.95. The molecule has 2 N–H and O–H groups in total. The molecule has 1 unspecified atom stereocenters. The van der Waals surface area contributed by atoms with Crippen LogP contribution in [-0.2, 0) is 12.8 Å². The summed E-state index contributed by atoms with van der Waals surface area (Å²) < 4.78 is 13.0. The Morgan fingerprint density at radius 2 is 1.82 bits per heavy atom. The lowest BCUT2D eigenvalue weighted by Crippen LogP contribution is -2.31. The molecule has 0 saturated heterocycles. The Morgan fingerprint density at radius 3 is 2.64 bits per heavy atom. The van der Waals surface area contributed by atoms with E-state index < -0.39 is 0 Å². The molecule has 114 valence electrons. The van der Waals surface area contributed by atoms with Gasteiger partial charge in [0.2, 0.25) is 0 Å². The molecule has 0 aliphatic carbocycles. The van der Waals surface area contributed by atoms with Crippen LogP contribution < -0.4 is 5.32 Å². The number of halogens is 2. The minimum Gasteiger partial charge on any atom is -0.357 e. The van der Waals surface area contributed by atoms with Gasteiger partial charge in [-0.25, -0.2) is 4.39 Å². The van der Waals surface area contributed by atoms with E-state index in [1.807, 2.05) is 12.1 Å². The Morgan fingerprint density at radius 1 is 1.05 bits per heavy atom. The molecule has 0 saturated carbocycles. The van der Waals surface area contributed by atoms with Gasteiger partial charge in [-0.3, -0.25) is 0 Å². The average Bonchev–Trinajstić information content (AvgIpc) is 2.89. The topological polar surface area (TPSA) is 27.8 Å². The van der Waals surface area contributed by atoms with Crippen molar-refractivity contribution in [2.75, 3.05) is 6.54 Å². The van der Waals surface area contributed by atoms with Gasteiger partial charge in [0.15, 0.2) is 0 Å². The van der Waals surface area contributed by atoms with Crippen molar-refractivity contribution in [3.63, 3.8) is 0 Å². The third-order valence-electron chi connectivity index (χ3n) is 4.31. The second-order valence-electron chi connectivity index (χ2n) is 5.65. The summed E-state index contributed by atoms with van der Waals surface area (Å²) in [7, 11) is 0. The number of hydrogen-bond acceptors (Lipinski definition) is 1. The van der Waals surface area contributed by atoms with Gasteiger partial charge in [0.25, 0.3) is 0 Å². The first-order chi connectivity index (χ1) is 10.3. The number of hydrogen-bond donors (Lipinski definition) is 2. The molecule has 0 amide bonds. The predicted molar refractivity (Wildman–Crippen MR) is 90.1 cm³/mol. The largest absolute Gasteiger partial charge is 0.357 e. The molecule has 2 heterocycles. The van der Waals surface area contributed by atoms with Crippen molar-refractivity contribution in [3.05, 3.63) is 71.2 Å². The van der Waals surface area contributed by atoms with Crippen molar-refractivity contribution in [1.29, 1.82) is 0 Å². The number of para-hydroxylation sites is 1. The third-order valence-corrected chi connectivity index (χ3v) is 4.31. The molecule has 1 aliphatic heterocycles. The van der Waals surface area contributed by atoms with Crippen molar-refractivity contribution in [3.8, 4) is 0 Å². The number of nitrogens with one attached hydrogen (secondary N) is 2. The van der Waals surface area contributed by atoms with Crippen molar-refractivity contribution < 1.29 is 4.39 Å². The van der Waals surface area contributed by atoms with Gasteiger partial charge >= 0.3 is 0 Å². The molecule has 1 aliphatic rings. The second-order valence-corrected chi connectivity index (χ2v) is 5.65. The lowest BCUT2D eigenvalue weighted by Gasteiger charge is -2.24. The van der Waals surface area contributed by atoms with Crippen LogP contribution in [0.3, 0.4) is 0 Å². The van der Waals surface area contributed by atoms with Crippen LogP contribution in [0.4, 0.5) is 4.39 Å². The molecule has 1 atom stereocenters. The number of aromatic amines is 1. The first-order valence-corrected chi connectivity index (χ1v) is 7.38. The maximum absolute atomic E-state index is 13.0. The highest BCUT2D eigenvalue weighted by atomic mass is 35.5. The highest BCUT2D eigenvalue weighted by Gasteiger charge is 2.23. The van der Waals surface area contributed by atoms with Crippen LogP contribution in [0.15, 0.2) is 48.5 Å². The van der Waals surface area contributed by atoms with E-state index in [0.717, 1.165) is 24.9 Å². The van der Waals surface area contributed by atoms with E-state index in [2.05, 4.69) is 34.6 Å². The highest BCUT2D eigenvalue weighted by Crippen LogP contribution is 2.31. The van der Waals surface area contributed by atoms with E-state index in [1.54, 1.807) is 0 Å². The molecular formula is C18H18ClFN2. The molecule has 3 aromatic rings. The summed E-state index contributed by atoms with van der Waals surface area (Å²) in [4.78, 5) is 3.56. The van der Waals surface area contributed by atoms with Crippen molar-refractivity contribution in [1.82, 2.24) is 10.3 Å². The highest BCUT2D eigenvalue weighted by molar-refractivity contribution is 5.85. The number of H-pyrrole nitrogens is 1. The number of benzene rings is 2. The van der Waals surface area contributed by atoms with Crippen LogP contribution in [0.25, 0.3) is 10.9 Å². The van der Waals surface area contributed by atoms with E-state index in [1.165, 1.54) is 34.3 Å². The maximum Gasteiger partial charge on any atom is 0.123 e. The number of aromatic nitrogens is 1. The molecule has 4 heteroatoms. The Kier molecular flexibility index (Phi) is 4.19. The monoisotopic (exact) mass is 316 g/mol. The van der Waals surface area contributed by atoms with Crippen LogP contribution >= 0.6 is 12.4 Å². The van der Waals surface area contributed by atoms with E-state index >= 15 is 0 Å². The van der Waals surface area contributed by atoms with Crippen LogP contribution in [0.5, 0.6) is 0 Å². The molecule has 2 nitrogen and oxygen atoms in total. The summed E-state index contributed by atoms with van der Waals surface area (Å²) in [5.74, 6) is -0.179. The standard InChI is InChI=1S/C18H17FN2.ClH/c19-13-7-5-12(6-8-13)11-17-18-15(9-10-20-17)14-3-1-2-4-16(14)21-18;/h1-8,17,20-21H,9-11H2;1H. The quantitative estimate of drug-likeness (QED) is 0.730. The molecule has 4 rings (SSSR count). The van der Waals surface area contributed by atoms with Gasteiger partial charge in [0.1, 0.15) is 5.82 Å². The van der Waals surface area contributed by atoms with Crippen LogP contribution in [0.1, 0.15) is 22.9 Å². The first kappa shape index (κ1) is 15.1. The van der Waals surface area contributed by atoms with E-state index in [-0.39, 0.29) is 24.3 Å². The third kappa shape index (κ3) is 2.62. The van der Waals surface area contributed by atoms with Crippen LogP contribution in [-0.4, -0.2) is 11.5 Å². The van der Waals surface area contributed by atoms with Gasteiger partial charge < -0.3 is 10.3 Å². The molecule has 0 spiro atoms. The molecule has 1 aromatic heterocycles. The van der Waals surface area contributed by atoms with Crippen LogP contribution in [0, 0.1) is 5.82 Å². The van der Waals surface area contributed by atoms with Gasteiger partial charge in [0.05, 0.1) is 6.04 Å². The minimum atomic E-state index is -0.179. The number of rotatable bonds is 2. The molecule has 0 radical (unpaired) electrons. The Balaban J connectivity index is 0.00000144. The van der Waals surface area contributed by atoms with E-state index in [4.69, 9.17) is 0 Å². The molecule has 0 bridgehead atoms. The normalized spacial score (nSPS) is 17.0. The second kappa shape index (κ2) is 6.11. The lowest BCUT2D eigenvalue weighted by molar-refractivity contribution is 0.494. The van der Waals surface area contributed by atoms with Gasteiger partial charge in [-0.15, -0.1) is 12.4 Å². The van der Waals surface area contributed by atoms with E-state index in [0.29, 0.717) is 0 Å². The fraction of sp³-hybridized carbons (Fsp3) is 0.222. The van der Waals surface area contributed by atoms with E-state index in [9.17, 15) is 4.39 Å². The van der Waals surface area contributed by atoms with Gasteiger partial charge in [-0.1, -0.05) is 30.3 Å². The summed E-state index contributed by atoms with van der Waals surface area (Å²) in [6.45, 7) is 0.987. The maximum atomic E-state index is 13.0. The zero-order valence-corrected chi connectivity index (χ0v) is 12.9. The summed E-state index contributed by atoms with van der Waals surface area (Å²) in [6, 6.07) is 15.5. The molecule has 0 fully saturated rings. The SMILES string of the molecule is Cl.Fc1ccc(CC2NCCc3c2[nH]c2ccccc32)cc1. The predicted octanol–water partition coefficient (Wildman–Crippen LogP) is 4.16. The Bertz CT molecular complexity index is 779.